The summed E-state index contributed by atoms with van der Waals surface area (Å²) in [6.07, 6.45) is 4.65. The van der Waals surface area contributed by atoms with Crippen molar-refractivity contribution >= 4 is 5.82 Å². The standard InChI is InChI=1S/C17H29N3/c1-12(2)16(13(3)4)11-20-17-8-5-14(10-19-17)9-18-15-6-7-15/h5,8,10,12-13,15-16,18H,6-7,9,11H2,1-4H3,(H,19,20). The zero-order chi connectivity index (χ0) is 14.5. The van der Waals surface area contributed by atoms with E-state index in [0.717, 1.165) is 24.9 Å². The number of rotatable bonds is 8. The molecule has 1 saturated carbocycles. The molecule has 20 heavy (non-hydrogen) atoms. The Labute approximate surface area is 123 Å². The number of pyridine rings is 1. The molecule has 0 aromatic carbocycles. The first-order valence-electron chi connectivity index (χ1n) is 7.98. The average Bonchev–Trinajstić information content (AvgIpc) is 3.21. The molecule has 3 nitrogen and oxygen atoms in total. The first-order valence-corrected chi connectivity index (χ1v) is 7.98. The van der Waals surface area contributed by atoms with Crippen LogP contribution in [0.5, 0.6) is 0 Å². The zero-order valence-electron chi connectivity index (χ0n) is 13.3. The lowest BCUT2D eigenvalue weighted by Gasteiger charge is -2.25. The van der Waals surface area contributed by atoms with Crippen molar-refractivity contribution in [2.45, 2.75) is 53.1 Å². The van der Waals surface area contributed by atoms with Gasteiger partial charge in [0.05, 0.1) is 0 Å². The lowest BCUT2D eigenvalue weighted by molar-refractivity contribution is 0.304. The second-order valence-electron chi connectivity index (χ2n) is 6.74. The molecule has 0 bridgehead atoms. The summed E-state index contributed by atoms with van der Waals surface area (Å²) < 4.78 is 0. The van der Waals surface area contributed by atoms with Crippen molar-refractivity contribution in [1.29, 1.82) is 0 Å². The number of aromatic nitrogens is 1. The van der Waals surface area contributed by atoms with Gasteiger partial charge in [0.25, 0.3) is 0 Å². The summed E-state index contributed by atoms with van der Waals surface area (Å²) in [5.41, 5.74) is 1.27. The molecule has 1 aromatic rings. The zero-order valence-corrected chi connectivity index (χ0v) is 13.3. The van der Waals surface area contributed by atoms with Crippen LogP contribution >= 0.6 is 0 Å². The topological polar surface area (TPSA) is 37.0 Å². The fourth-order valence-electron chi connectivity index (χ4n) is 2.65. The van der Waals surface area contributed by atoms with E-state index in [-0.39, 0.29) is 0 Å². The van der Waals surface area contributed by atoms with Gasteiger partial charge in [-0.05, 0) is 42.2 Å². The van der Waals surface area contributed by atoms with Gasteiger partial charge in [-0.3, -0.25) is 0 Å². The first kappa shape index (κ1) is 15.3. The minimum atomic E-state index is 0.688. The van der Waals surface area contributed by atoms with E-state index in [0.29, 0.717) is 17.8 Å². The lowest BCUT2D eigenvalue weighted by Crippen LogP contribution is -2.24. The minimum Gasteiger partial charge on any atom is -0.370 e. The van der Waals surface area contributed by atoms with Crippen molar-refractivity contribution in [1.82, 2.24) is 10.3 Å². The normalized spacial score (nSPS) is 15.3. The van der Waals surface area contributed by atoms with Gasteiger partial charge in [-0.15, -0.1) is 0 Å². The van der Waals surface area contributed by atoms with Gasteiger partial charge < -0.3 is 10.6 Å². The van der Waals surface area contributed by atoms with Crippen LogP contribution < -0.4 is 10.6 Å². The molecule has 112 valence electrons. The van der Waals surface area contributed by atoms with Crippen LogP contribution in [0.4, 0.5) is 5.82 Å². The molecule has 1 aliphatic carbocycles. The van der Waals surface area contributed by atoms with Gasteiger partial charge in [-0.1, -0.05) is 33.8 Å². The van der Waals surface area contributed by atoms with E-state index in [1.807, 2.05) is 6.20 Å². The number of nitrogens with zero attached hydrogens (tertiary/aromatic N) is 1. The van der Waals surface area contributed by atoms with Gasteiger partial charge >= 0.3 is 0 Å². The third kappa shape index (κ3) is 4.78. The highest BCUT2D eigenvalue weighted by atomic mass is 15.0. The Balaban J connectivity index is 1.80. The van der Waals surface area contributed by atoms with Crippen molar-refractivity contribution in [2.75, 3.05) is 11.9 Å². The molecular formula is C17H29N3. The van der Waals surface area contributed by atoms with Crippen LogP contribution in [0.3, 0.4) is 0 Å². The Morgan fingerprint density at radius 1 is 1.15 bits per heavy atom. The van der Waals surface area contributed by atoms with Crippen molar-refractivity contribution < 1.29 is 0 Å². The SMILES string of the molecule is CC(C)C(CNc1ccc(CNC2CC2)cn1)C(C)C. The molecule has 2 N–H and O–H groups in total. The van der Waals surface area contributed by atoms with Crippen molar-refractivity contribution in [3.05, 3.63) is 23.9 Å². The van der Waals surface area contributed by atoms with Crippen molar-refractivity contribution in [3.63, 3.8) is 0 Å². The first-order chi connectivity index (χ1) is 9.56. The van der Waals surface area contributed by atoms with Crippen LogP contribution in [0.25, 0.3) is 0 Å². The third-order valence-electron chi connectivity index (χ3n) is 4.23. The van der Waals surface area contributed by atoms with Crippen LogP contribution in [0, 0.1) is 17.8 Å². The van der Waals surface area contributed by atoms with Crippen molar-refractivity contribution in [2.24, 2.45) is 17.8 Å². The quantitative estimate of drug-likeness (QED) is 0.760. The Hall–Kier alpha value is -1.09. The molecule has 0 unspecified atom stereocenters. The van der Waals surface area contributed by atoms with E-state index < -0.39 is 0 Å². The molecular weight excluding hydrogens is 246 g/mol. The van der Waals surface area contributed by atoms with E-state index in [4.69, 9.17) is 0 Å². The van der Waals surface area contributed by atoms with Crippen LogP contribution in [0.15, 0.2) is 18.3 Å². The summed E-state index contributed by atoms with van der Waals surface area (Å²) in [4.78, 5) is 4.52. The minimum absolute atomic E-state index is 0.688. The molecule has 0 atom stereocenters. The second-order valence-corrected chi connectivity index (χ2v) is 6.74. The molecule has 3 heteroatoms. The van der Waals surface area contributed by atoms with E-state index in [2.05, 4.69) is 55.4 Å². The highest BCUT2D eigenvalue weighted by molar-refractivity contribution is 5.35. The number of anilines is 1. The Bertz CT molecular complexity index is 385. The number of nitrogens with one attached hydrogen (secondary N) is 2. The molecule has 0 spiro atoms. The largest absolute Gasteiger partial charge is 0.370 e. The molecule has 1 aromatic heterocycles. The van der Waals surface area contributed by atoms with Crippen LogP contribution in [0.1, 0.15) is 46.1 Å². The number of hydrogen-bond acceptors (Lipinski definition) is 3. The summed E-state index contributed by atoms with van der Waals surface area (Å²) in [6, 6.07) is 5.03. The van der Waals surface area contributed by atoms with Crippen LogP contribution in [-0.4, -0.2) is 17.6 Å². The molecule has 1 fully saturated rings. The second kappa shape index (κ2) is 7.07. The van der Waals surface area contributed by atoms with E-state index >= 15 is 0 Å². The van der Waals surface area contributed by atoms with Crippen molar-refractivity contribution in [3.8, 4) is 0 Å². The highest BCUT2D eigenvalue weighted by Gasteiger charge is 2.20. The maximum Gasteiger partial charge on any atom is 0.125 e. The lowest BCUT2D eigenvalue weighted by atomic mass is 9.85. The molecule has 0 saturated heterocycles. The Morgan fingerprint density at radius 2 is 1.85 bits per heavy atom. The monoisotopic (exact) mass is 275 g/mol. The fraction of sp³-hybridized carbons (Fsp3) is 0.706. The van der Waals surface area contributed by atoms with Gasteiger partial charge in [0.1, 0.15) is 5.82 Å². The van der Waals surface area contributed by atoms with E-state index in [1.165, 1.54) is 18.4 Å². The predicted molar refractivity (Wildman–Crippen MR) is 85.8 cm³/mol. The smallest absolute Gasteiger partial charge is 0.125 e. The highest BCUT2D eigenvalue weighted by Crippen LogP contribution is 2.21. The fourth-order valence-corrected chi connectivity index (χ4v) is 2.65. The van der Waals surface area contributed by atoms with Crippen LogP contribution in [0.2, 0.25) is 0 Å². The third-order valence-corrected chi connectivity index (χ3v) is 4.23. The maximum absolute atomic E-state index is 4.52. The van der Waals surface area contributed by atoms with E-state index in [9.17, 15) is 0 Å². The Kier molecular flexibility index (Phi) is 5.41. The molecule has 0 aliphatic heterocycles. The molecule has 0 radical (unpaired) electrons. The predicted octanol–water partition coefficient (Wildman–Crippen LogP) is 3.67. The summed E-state index contributed by atoms with van der Waals surface area (Å²) >= 11 is 0. The van der Waals surface area contributed by atoms with Gasteiger partial charge in [0, 0.05) is 25.3 Å². The average molecular weight is 275 g/mol. The number of hydrogen-bond donors (Lipinski definition) is 2. The molecule has 1 aliphatic rings. The van der Waals surface area contributed by atoms with Gasteiger partial charge in [0.2, 0.25) is 0 Å². The summed E-state index contributed by atoms with van der Waals surface area (Å²) in [5, 5.41) is 6.99. The molecule has 2 rings (SSSR count). The van der Waals surface area contributed by atoms with Gasteiger partial charge in [0.15, 0.2) is 0 Å². The molecule has 1 heterocycles. The maximum atomic E-state index is 4.52. The summed E-state index contributed by atoms with van der Waals surface area (Å²) in [7, 11) is 0. The molecule has 0 amide bonds. The van der Waals surface area contributed by atoms with Gasteiger partial charge in [-0.25, -0.2) is 4.98 Å². The van der Waals surface area contributed by atoms with Crippen LogP contribution in [-0.2, 0) is 6.54 Å². The van der Waals surface area contributed by atoms with E-state index in [1.54, 1.807) is 0 Å². The summed E-state index contributed by atoms with van der Waals surface area (Å²) in [5.74, 6) is 3.08. The van der Waals surface area contributed by atoms with Gasteiger partial charge in [-0.2, -0.15) is 0 Å². The summed E-state index contributed by atoms with van der Waals surface area (Å²) in [6.45, 7) is 11.1. The Morgan fingerprint density at radius 3 is 2.35 bits per heavy atom.